The van der Waals surface area contributed by atoms with E-state index in [-0.39, 0.29) is 6.54 Å². The van der Waals surface area contributed by atoms with Gasteiger partial charge in [0.25, 0.3) is 0 Å². The molecule has 4 nitrogen and oxygen atoms in total. The first-order valence-corrected chi connectivity index (χ1v) is 7.26. The average Bonchev–Trinajstić information content (AvgIpc) is 2.27. The van der Waals surface area contributed by atoms with Crippen LogP contribution in [-0.2, 0) is 16.6 Å². The molecule has 1 aromatic carbocycles. The molecule has 0 N–H and O–H groups in total. The topological polar surface area (TPSA) is 61.2 Å². The summed E-state index contributed by atoms with van der Waals surface area (Å²) in [5.41, 5.74) is 0.871. The third-order valence-electron chi connectivity index (χ3n) is 2.36. The molecule has 0 fully saturated rings. The van der Waals surface area contributed by atoms with Crippen LogP contribution < -0.4 is 0 Å². The summed E-state index contributed by atoms with van der Waals surface area (Å²) in [5.74, 6) is 0. The molecule has 0 amide bonds. The van der Waals surface area contributed by atoms with Gasteiger partial charge >= 0.3 is 0 Å². The highest BCUT2D eigenvalue weighted by Gasteiger charge is 2.25. The maximum atomic E-state index is 11.8. The molecule has 0 saturated heterocycles. The standard InChI is InChI=1S/C11H13BrN2O2S/c1-9(7-13)17(15,16)14(2)8-10-4-3-5-11(12)6-10/h3-6,9H,8H2,1-2H3. The second-order valence-electron chi connectivity index (χ2n) is 3.70. The Labute approximate surface area is 110 Å². The van der Waals surface area contributed by atoms with Crippen molar-refractivity contribution < 1.29 is 8.42 Å². The molecule has 0 aromatic heterocycles. The minimum Gasteiger partial charge on any atom is -0.211 e. The molecule has 1 unspecified atom stereocenters. The summed E-state index contributed by atoms with van der Waals surface area (Å²) in [6.45, 7) is 1.64. The van der Waals surface area contributed by atoms with Crippen molar-refractivity contribution in [3.8, 4) is 6.07 Å². The van der Waals surface area contributed by atoms with Gasteiger partial charge in [-0.25, -0.2) is 8.42 Å². The number of sulfonamides is 1. The fourth-order valence-electron chi connectivity index (χ4n) is 1.32. The Morgan fingerprint density at radius 1 is 1.53 bits per heavy atom. The van der Waals surface area contributed by atoms with Gasteiger partial charge in [-0.3, -0.25) is 0 Å². The molecule has 0 bridgehead atoms. The molecule has 17 heavy (non-hydrogen) atoms. The van der Waals surface area contributed by atoms with Crippen molar-refractivity contribution in [1.82, 2.24) is 4.31 Å². The molecule has 92 valence electrons. The first kappa shape index (κ1) is 14.2. The van der Waals surface area contributed by atoms with E-state index in [9.17, 15) is 8.42 Å². The highest BCUT2D eigenvalue weighted by molar-refractivity contribution is 9.10. The van der Waals surface area contributed by atoms with E-state index in [1.807, 2.05) is 24.3 Å². The van der Waals surface area contributed by atoms with Gasteiger partial charge in [0.2, 0.25) is 10.0 Å². The summed E-state index contributed by atoms with van der Waals surface area (Å²) < 4.78 is 25.8. The van der Waals surface area contributed by atoms with Crippen LogP contribution in [0.2, 0.25) is 0 Å². The average molecular weight is 317 g/mol. The van der Waals surface area contributed by atoms with Crippen LogP contribution in [0.1, 0.15) is 12.5 Å². The number of halogens is 1. The summed E-state index contributed by atoms with van der Waals surface area (Å²) >= 11 is 3.32. The molecule has 0 aliphatic carbocycles. The number of benzene rings is 1. The normalized spacial score (nSPS) is 13.4. The second-order valence-corrected chi connectivity index (χ2v) is 6.98. The third kappa shape index (κ3) is 3.53. The first-order valence-electron chi connectivity index (χ1n) is 4.97. The van der Waals surface area contributed by atoms with E-state index in [0.29, 0.717) is 0 Å². The lowest BCUT2D eigenvalue weighted by molar-refractivity contribution is 0.463. The zero-order valence-electron chi connectivity index (χ0n) is 9.59. The van der Waals surface area contributed by atoms with Gasteiger partial charge in [-0.1, -0.05) is 28.1 Å². The molecular weight excluding hydrogens is 304 g/mol. The monoisotopic (exact) mass is 316 g/mol. The second kappa shape index (κ2) is 5.63. The summed E-state index contributed by atoms with van der Waals surface area (Å²) in [7, 11) is -2.07. The van der Waals surface area contributed by atoms with Crippen LogP contribution in [-0.4, -0.2) is 25.0 Å². The van der Waals surface area contributed by atoms with Crippen LogP contribution in [0.3, 0.4) is 0 Å². The first-order chi connectivity index (χ1) is 7.87. The van der Waals surface area contributed by atoms with E-state index in [4.69, 9.17) is 5.26 Å². The van der Waals surface area contributed by atoms with E-state index < -0.39 is 15.3 Å². The summed E-state index contributed by atoms with van der Waals surface area (Å²) in [6.07, 6.45) is 0. The molecule has 1 aromatic rings. The summed E-state index contributed by atoms with van der Waals surface area (Å²) in [5, 5.41) is 7.64. The van der Waals surface area contributed by atoms with Gasteiger partial charge in [-0.05, 0) is 24.6 Å². The number of nitrogens with zero attached hydrogens (tertiary/aromatic N) is 2. The van der Waals surface area contributed by atoms with E-state index in [1.54, 1.807) is 6.07 Å². The van der Waals surface area contributed by atoms with E-state index in [0.717, 1.165) is 10.0 Å². The zero-order valence-corrected chi connectivity index (χ0v) is 12.0. The lowest BCUT2D eigenvalue weighted by Gasteiger charge is -2.18. The van der Waals surface area contributed by atoms with Crippen molar-refractivity contribution in [3.05, 3.63) is 34.3 Å². The van der Waals surface area contributed by atoms with Gasteiger partial charge in [0.05, 0.1) is 6.07 Å². The lowest BCUT2D eigenvalue weighted by Crippen LogP contribution is -2.33. The largest absolute Gasteiger partial charge is 0.230 e. The fourth-order valence-corrected chi connectivity index (χ4v) is 2.77. The van der Waals surface area contributed by atoms with Gasteiger partial charge in [0.15, 0.2) is 5.25 Å². The van der Waals surface area contributed by atoms with Gasteiger partial charge in [-0.15, -0.1) is 0 Å². The van der Waals surface area contributed by atoms with Crippen molar-refractivity contribution in [1.29, 1.82) is 5.26 Å². The molecule has 0 radical (unpaired) electrons. The number of hydrogen-bond donors (Lipinski definition) is 0. The Morgan fingerprint density at radius 3 is 2.71 bits per heavy atom. The van der Waals surface area contributed by atoms with Crippen molar-refractivity contribution in [2.75, 3.05) is 7.05 Å². The SMILES string of the molecule is CC(C#N)S(=O)(=O)N(C)Cc1cccc(Br)c1. The van der Waals surface area contributed by atoms with E-state index in [1.165, 1.54) is 18.3 Å². The maximum Gasteiger partial charge on any atom is 0.230 e. The molecule has 0 aliphatic rings. The van der Waals surface area contributed by atoms with Gasteiger partial charge < -0.3 is 0 Å². The van der Waals surface area contributed by atoms with Crippen LogP contribution >= 0.6 is 15.9 Å². The van der Waals surface area contributed by atoms with Gasteiger partial charge in [0.1, 0.15) is 0 Å². The van der Waals surface area contributed by atoms with Crippen LogP contribution in [0.4, 0.5) is 0 Å². The van der Waals surface area contributed by atoms with E-state index >= 15 is 0 Å². The Balaban J connectivity index is 2.87. The molecule has 0 spiro atoms. The molecule has 0 saturated carbocycles. The Morgan fingerprint density at radius 2 is 2.18 bits per heavy atom. The Bertz CT molecular complexity index is 537. The van der Waals surface area contributed by atoms with Crippen molar-refractivity contribution in [2.45, 2.75) is 18.7 Å². The predicted molar refractivity (Wildman–Crippen MR) is 69.6 cm³/mol. The predicted octanol–water partition coefficient (Wildman–Crippen LogP) is 2.12. The van der Waals surface area contributed by atoms with Crippen LogP contribution in [0, 0.1) is 11.3 Å². The molecule has 1 rings (SSSR count). The van der Waals surface area contributed by atoms with Crippen molar-refractivity contribution >= 4 is 26.0 Å². The number of rotatable bonds is 4. The van der Waals surface area contributed by atoms with Crippen LogP contribution in [0.5, 0.6) is 0 Å². The number of hydrogen-bond acceptors (Lipinski definition) is 3. The molecule has 6 heteroatoms. The third-order valence-corrected chi connectivity index (χ3v) is 4.85. The summed E-state index contributed by atoms with van der Waals surface area (Å²) in [4.78, 5) is 0. The maximum absolute atomic E-state index is 11.8. The fraction of sp³-hybridized carbons (Fsp3) is 0.364. The highest BCUT2D eigenvalue weighted by Crippen LogP contribution is 2.15. The Kier molecular flexibility index (Phi) is 4.69. The van der Waals surface area contributed by atoms with Crippen LogP contribution in [0.25, 0.3) is 0 Å². The molecular formula is C11H13BrN2O2S. The van der Waals surface area contributed by atoms with Gasteiger partial charge in [-0.2, -0.15) is 9.57 Å². The Hall–Kier alpha value is -0.900. The molecule has 0 heterocycles. The number of nitriles is 1. The summed E-state index contributed by atoms with van der Waals surface area (Å²) in [6, 6.07) is 9.15. The lowest BCUT2D eigenvalue weighted by atomic mass is 10.2. The van der Waals surface area contributed by atoms with Crippen molar-refractivity contribution in [2.24, 2.45) is 0 Å². The minimum absolute atomic E-state index is 0.258. The zero-order chi connectivity index (χ0) is 13.1. The molecule has 0 aliphatic heterocycles. The smallest absolute Gasteiger partial charge is 0.211 e. The van der Waals surface area contributed by atoms with Crippen molar-refractivity contribution in [3.63, 3.8) is 0 Å². The quantitative estimate of drug-likeness (QED) is 0.854. The molecule has 1 atom stereocenters. The van der Waals surface area contributed by atoms with Crippen LogP contribution in [0.15, 0.2) is 28.7 Å². The van der Waals surface area contributed by atoms with Gasteiger partial charge in [0, 0.05) is 18.1 Å². The minimum atomic E-state index is -3.54. The highest BCUT2D eigenvalue weighted by atomic mass is 79.9. The van der Waals surface area contributed by atoms with E-state index in [2.05, 4.69) is 15.9 Å².